The molecule has 0 spiro atoms. The van der Waals surface area contributed by atoms with Gasteiger partial charge in [0.2, 0.25) is 0 Å². The molecule has 1 unspecified atom stereocenters. The van der Waals surface area contributed by atoms with Gasteiger partial charge in [0.25, 0.3) is 0 Å². The van der Waals surface area contributed by atoms with E-state index in [1.807, 2.05) is 0 Å². The maximum atomic E-state index is 3.91. The Morgan fingerprint density at radius 2 is 1.96 bits per heavy atom. The van der Waals surface area contributed by atoms with Gasteiger partial charge in [-0.1, -0.05) is 0 Å². The maximum absolute atomic E-state index is 3.91. The molecular formula is C19H17BrCl2SZr. The predicted molar refractivity (Wildman–Crippen MR) is 96.7 cm³/mol. The van der Waals surface area contributed by atoms with Crippen LogP contribution in [0.1, 0.15) is 32.8 Å². The van der Waals surface area contributed by atoms with Crippen LogP contribution in [0.2, 0.25) is 0 Å². The van der Waals surface area contributed by atoms with Gasteiger partial charge in [0.05, 0.1) is 0 Å². The second-order valence-electron chi connectivity index (χ2n) is 6.31. The van der Waals surface area contributed by atoms with Crippen LogP contribution in [0, 0.1) is 0 Å². The van der Waals surface area contributed by atoms with E-state index >= 15 is 0 Å². The van der Waals surface area contributed by atoms with Gasteiger partial charge in [-0.25, -0.2) is 0 Å². The fraction of sp³-hybridized carbons (Fsp3) is 0.263. The molecular weight excluding hydrogens is 502 g/mol. The molecule has 0 nitrogen and oxygen atoms in total. The number of rotatable bonds is 2. The van der Waals surface area contributed by atoms with Gasteiger partial charge in [-0.05, 0) is 0 Å². The van der Waals surface area contributed by atoms with Crippen molar-refractivity contribution in [2.24, 2.45) is 0 Å². The van der Waals surface area contributed by atoms with Gasteiger partial charge in [0, 0.05) is 0 Å². The van der Waals surface area contributed by atoms with Crippen LogP contribution in [-0.2, 0) is 23.2 Å². The molecule has 0 N–H and O–H groups in total. The normalized spacial score (nSPS) is 22.6. The summed E-state index contributed by atoms with van der Waals surface area (Å²) in [5.74, 6) is 0. The smallest absolute Gasteiger partial charge is 1.00 e. The van der Waals surface area contributed by atoms with Crippen molar-refractivity contribution >= 4 is 45.4 Å². The monoisotopic (exact) mass is 516 g/mol. The fourth-order valence-corrected chi connectivity index (χ4v) is 10.9. The summed E-state index contributed by atoms with van der Waals surface area (Å²) >= 11 is 5.39. The van der Waals surface area contributed by atoms with E-state index in [4.69, 9.17) is 0 Å². The van der Waals surface area contributed by atoms with Crippen molar-refractivity contribution in [3.05, 3.63) is 53.6 Å². The first kappa shape index (κ1) is 20.8. The SMILES string of the molecule is CC1=Cc2c(Br)c3c(cc2=C1)S[C](C)([Zr+2][C]1=CC=CC1)C=3C.[Cl-].[Cl-]. The molecule has 3 aliphatic rings. The van der Waals surface area contributed by atoms with Crippen molar-refractivity contribution in [1.29, 1.82) is 0 Å². The average molecular weight is 519 g/mol. The van der Waals surface area contributed by atoms with E-state index in [0.29, 0.717) is 2.45 Å². The molecule has 1 aromatic carbocycles. The minimum Gasteiger partial charge on any atom is -1.00 e. The molecule has 0 saturated carbocycles. The van der Waals surface area contributed by atoms with Gasteiger partial charge < -0.3 is 24.8 Å². The van der Waals surface area contributed by atoms with Crippen LogP contribution in [0.4, 0.5) is 0 Å². The Labute approximate surface area is 180 Å². The van der Waals surface area contributed by atoms with Crippen molar-refractivity contribution in [3.8, 4) is 0 Å². The van der Waals surface area contributed by atoms with Crippen LogP contribution >= 0.6 is 27.7 Å². The van der Waals surface area contributed by atoms with Crippen molar-refractivity contribution < 1.29 is 48.0 Å². The van der Waals surface area contributed by atoms with Crippen molar-refractivity contribution in [1.82, 2.24) is 0 Å². The van der Waals surface area contributed by atoms with Crippen LogP contribution in [0.25, 0.3) is 17.7 Å². The Bertz CT molecular complexity index is 914. The summed E-state index contributed by atoms with van der Waals surface area (Å²) in [6, 6.07) is 2.41. The summed E-state index contributed by atoms with van der Waals surface area (Å²) in [7, 11) is 0. The van der Waals surface area contributed by atoms with Crippen molar-refractivity contribution in [2.45, 2.75) is 34.5 Å². The molecule has 5 heteroatoms. The third-order valence-electron chi connectivity index (χ3n) is 4.63. The van der Waals surface area contributed by atoms with Crippen LogP contribution < -0.4 is 35.3 Å². The van der Waals surface area contributed by atoms with E-state index in [1.54, 1.807) is 8.85 Å². The van der Waals surface area contributed by atoms with E-state index < -0.39 is 23.2 Å². The zero-order valence-electron chi connectivity index (χ0n) is 13.7. The first-order valence-corrected chi connectivity index (χ1v) is 11.6. The van der Waals surface area contributed by atoms with E-state index in [1.165, 1.54) is 37.4 Å². The Balaban J connectivity index is 0.00000104. The standard InChI is InChI=1S/C14H12BrS.C5H5.2ClH.Zr/c1-7-4-10-6-12-13(8(2)9(3)16-12)14(15)11(10)5-7;1-2-4-5-3-1;;;/h4-6H,1-3H3;1-3H,4H2;2*1H;/q;;;;+2/p-2. The summed E-state index contributed by atoms with van der Waals surface area (Å²) in [6.45, 7) is 7.01. The number of hydrogen-bond donors (Lipinski definition) is 0. The molecule has 0 fully saturated rings. The quantitative estimate of drug-likeness (QED) is 0.462. The van der Waals surface area contributed by atoms with Crippen LogP contribution in [0.5, 0.6) is 0 Å². The summed E-state index contributed by atoms with van der Waals surface area (Å²) in [6.07, 6.45) is 12.7. The zero-order valence-corrected chi connectivity index (χ0v) is 20.1. The molecule has 0 amide bonds. The first-order valence-electron chi connectivity index (χ1n) is 7.55. The average Bonchev–Trinajstić information content (AvgIpc) is 3.12. The van der Waals surface area contributed by atoms with E-state index in [2.05, 4.69) is 84.9 Å². The third-order valence-corrected chi connectivity index (χ3v) is 11.9. The summed E-state index contributed by atoms with van der Waals surface area (Å²) < 4.78 is 3.37. The Hall–Kier alpha value is 0.473. The van der Waals surface area contributed by atoms with E-state index in [0.717, 1.165) is 0 Å². The fourth-order valence-electron chi connectivity index (χ4n) is 3.37. The number of halogens is 3. The molecule has 1 aromatic rings. The Morgan fingerprint density at radius 1 is 1.21 bits per heavy atom. The summed E-state index contributed by atoms with van der Waals surface area (Å²) in [5, 5.41) is 2.85. The number of fused-ring (bicyclic) bond motifs is 2. The number of benzene rings is 1. The molecule has 1 heterocycles. The van der Waals surface area contributed by atoms with Gasteiger partial charge in [-0.15, -0.1) is 0 Å². The molecule has 0 bridgehead atoms. The molecule has 2 aliphatic carbocycles. The summed E-state index contributed by atoms with van der Waals surface area (Å²) in [4.78, 5) is 1.47. The van der Waals surface area contributed by atoms with Crippen LogP contribution in [0.3, 0.4) is 0 Å². The molecule has 24 heavy (non-hydrogen) atoms. The number of hydrogen-bond acceptors (Lipinski definition) is 1. The predicted octanol–water partition coefficient (Wildman–Crippen LogP) is -1.43. The topological polar surface area (TPSA) is 0 Å². The second-order valence-corrected chi connectivity index (χ2v) is 14.1. The first-order chi connectivity index (χ1) is 10.5. The van der Waals surface area contributed by atoms with Gasteiger partial charge >= 0.3 is 157 Å². The van der Waals surface area contributed by atoms with Crippen LogP contribution in [-0.4, -0.2) is 2.45 Å². The van der Waals surface area contributed by atoms with E-state index in [-0.39, 0.29) is 24.8 Å². The molecule has 0 aromatic heterocycles. The second kappa shape index (κ2) is 7.61. The minimum absolute atomic E-state index is 0. The van der Waals surface area contributed by atoms with Crippen LogP contribution in [0.15, 0.2) is 42.5 Å². The summed E-state index contributed by atoms with van der Waals surface area (Å²) in [5.41, 5.74) is 4.30. The largest absolute Gasteiger partial charge is 1.00 e. The number of allylic oxidation sites excluding steroid dienone is 5. The van der Waals surface area contributed by atoms with Gasteiger partial charge in [0.15, 0.2) is 0 Å². The van der Waals surface area contributed by atoms with Crippen molar-refractivity contribution in [2.75, 3.05) is 0 Å². The Morgan fingerprint density at radius 3 is 2.62 bits per heavy atom. The van der Waals surface area contributed by atoms with Gasteiger partial charge in [-0.3, -0.25) is 0 Å². The zero-order chi connectivity index (χ0) is 15.5. The molecule has 0 saturated heterocycles. The Kier molecular flexibility index (Phi) is 6.59. The minimum atomic E-state index is -0.628. The molecule has 1 aliphatic heterocycles. The molecule has 4 rings (SSSR count). The number of thioether (sulfide) groups is 1. The van der Waals surface area contributed by atoms with Crippen molar-refractivity contribution in [3.63, 3.8) is 0 Å². The van der Waals surface area contributed by atoms with Gasteiger partial charge in [0.1, 0.15) is 0 Å². The molecule has 124 valence electrons. The molecule has 1 atom stereocenters. The third kappa shape index (κ3) is 3.37. The van der Waals surface area contributed by atoms with E-state index in [9.17, 15) is 0 Å². The van der Waals surface area contributed by atoms with Gasteiger partial charge in [-0.2, -0.15) is 0 Å². The molecule has 0 radical (unpaired) electrons. The maximum Gasteiger partial charge on any atom is -1.00 e.